The second-order valence-electron chi connectivity index (χ2n) is 3.91. The van der Waals surface area contributed by atoms with E-state index in [9.17, 15) is 9.59 Å². The van der Waals surface area contributed by atoms with E-state index in [-0.39, 0.29) is 6.61 Å². The monoisotopic (exact) mass is 311 g/mol. The molecular weight excluding hydrogens is 302 g/mol. The molecule has 0 spiro atoms. The van der Waals surface area contributed by atoms with Gasteiger partial charge in [-0.1, -0.05) is 23.9 Å². The number of nitrogens with zero attached hydrogens (tertiary/aromatic N) is 1. The standard InChI is InChI=1S/C12H9NO5S2/c14-11-16-5-7(17-12(15)18-11)6-19-10-13-8-3-1-2-4-9(8)20-10/h1-4,7H,5-6H2. The molecule has 1 fully saturated rings. The fraction of sp³-hybridized carbons (Fsp3) is 0.250. The summed E-state index contributed by atoms with van der Waals surface area (Å²) >= 11 is 3.01. The number of thiazole rings is 1. The van der Waals surface area contributed by atoms with Crippen LogP contribution in [0.1, 0.15) is 0 Å². The van der Waals surface area contributed by atoms with Crippen LogP contribution >= 0.6 is 23.1 Å². The quantitative estimate of drug-likeness (QED) is 0.490. The Balaban J connectivity index is 1.63. The van der Waals surface area contributed by atoms with Crippen LogP contribution in [0.2, 0.25) is 0 Å². The van der Waals surface area contributed by atoms with E-state index in [1.54, 1.807) is 11.3 Å². The molecule has 0 aliphatic carbocycles. The van der Waals surface area contributed by atoms with Gasteiger partial charge in [0.15, 0.2) is 4.34 Å². The maximum atomic E-state index is 11.1. The molecule has 0 radical (unpaired) electrons. The van der Waals surface area contributed by atoms with Crippen molar-refractivity contribution in [1.82, 2.24) is 4.98 Å². The van der Waals surface area contributed by atoms with Crippen molar-refractivity contribution in [2.24, 2.45) is 0 Å². The Morgan fingerprint density at radius 3 is 3.00 bits per heavy atom. The minimum atomic E-state index is -1.03. The van der Waals surface area contributed by atoms with Gasteiger partial charge < -0.3 is 14.2 Å². The van der Waals surface area contributed by atoms with Crippen LogP contribution in [0.15, 0.2) is 28.6 Å². The summed E-state index contributed by atoms with van der Waals surface area (Å²) < 4.78 is 15.8. The summed E-state index contributed by atoms with van der Waals surface area (Å²) in [6.45, 7) is -0.0114. The Morgan fingerprint density at radius 1 is 1.30 bits per heavy atom. The Morgan fingerprint density at radius 2 is 2.15 bits per heavy atom. The van der Waals surface area contributed by atoms with E-state index in [0.29, 0.717) is 5.75 Å². The number of benzene rings is 1. The van der Waals surface area contributed by atoms with Crippen molar-refractivity contribution >= 4 is 45.6 Å². The molecular formula is C12H9NO5S2. The van der Waals surface area contributed by atoms with Gasteiger partial charge in [0.25, 0.3) is 0 Å². The number of aromatic nitrogens is 1. The summed E-state index contributed by atoms with van der Waals surface area (Å²) in [7, 11) is 0. The fourth-order valence-electron chi connectivity index (χ4n) is 1.61. The van der Waals surface area contributed by atoms with Crippen molar-refractivity contribution < 1.29 is 23.8 Å². The third-order valence-electron chi connectivity index (χ3n) is 2.48. The molecule has 104 valence electrons. The zero-order valence-corrected chi connectivity index (χ0v) is 11.7. The summed E-state index contributed by atoms with van der Waals surface area (Å²) in [5, 5.41) is 0. The second kappa shape index (κ2) is 5.68. The lowest BCUT2D eigenvalue weighted by atomic mass is 10.3. The third-order valence-corrected chi connectivity index (χ3v) is 4.79. The molecule has 20 heavy (non-hydrogen) atoms. The molecule has 3 rings (SSSR count). The highest BCUT2D eigenvalue weighted by Crippen LogP contribution is 2.30. The first-order valence-electron chi connectivity index (χ1n) is 5.74. The Hall–Kier alpha value is -1.80. The van der Waals surface area contributed by atoms with E-state index < -0.39 is 18.4 Å². The molecule has 1 aliphatic heterocycles. The summed E-state index contributed by atoms with van der Waals surface area (Å²) in [6.07, 6.45) is -2.59. The molecule has 2 heterocycles. The average molecular weight is 311 g/mol. The molecule has 1 aromatic carbocycles. The van der Waals surface area contributed by atoms with E-state index in [4.69, 9.17) is 9.47 Å². The van der Waals surface area contributed by atoms with Crippen LogP contribution in [0.25, 0.3) is 10.2 Å². The van der Waals surface area contributed by atoms with Crippen molar-refractivity contribution in [1.29, 1.82) is 0 Å². The molecule has 1 atom stereocenters. The minimum absolute atomic E-state index is 0.0114. The number of thioether (sulfide) groups is 1. The molecule has 0 bridgehead atoms. The van der Waals surface area contributed by atoms with Crippen molar-refractivity contribution in [3.63, 3.8) is 0 Å². The summed E-state index contributed by atoms with van der Waals surface area (Å²) in [6, 6.07) is 7.83. The third kappa shape index (κ3) is 3.02. The molecule has 0 amide bonds. The van der Waals surface area contributed by atoms with Crippen LogP contribution in [0.5, 0.6) is 0 Å². The zero-order chi connectivity index (χ0) is 13.9. The number of carbonyl (C=O) groups is 2. The molecule has 2 aromatic rings. The number of carbonyl (C=O) groups excluding carboxylic acids is 2. The fourth-order valence-corrected chi connectivity index (χ4v) is 3.67. The maximum Gasteiger partial charge on any atom is 0.519 e. The van der Waals surface area contributed by atoms with Crippen LogP contribution in [-0.4, -0.2) is 35.8 Å². The van der Waals surface area contributed by atoms with Crippen molar-refractivity contribution in [3.05, 3.63) is 24.3 Å². The van der Waals surface area contributed by atoms with Crippen LogP contribution in [0, 0.1) is 0 Å². The predicted molar refractivity (Wildman–Crippen MR) is 73.0 cm³/mol. The highest BCUT2D eigenvalue weighted by Gasteiger charge is 2.26. The molecule has 1 aromatic heterocycles. The SMILES string of the molecule is O=C1OCC(CSc2nc3ccccc3s2)OC(=O)O1. The van der Waals surface area contributed by atoms with Gasteiger partial charge in [0.2, 0.25) is 0 Å². The Labute approximate surface area is 122 Å². The molecule has 1 unspecified atom stereocenters. The zero-order valence-electron chi connectivity index (χ0n) is 10.1. The highest BCUT2D eigenvalue weighted by molar-refractivity contribution is 8.01. The number of cyclic esters (lactones) is 4. The van der Waals surface area contributed by atoms with Crippen LogP contribution < -0.4 is 0 Å². The lowest BCUT2D eigenvalue weighted by molar-refractivity contribution is 0.0667. The van der Waals surface area contributed by atoms with Crippen LogP contribution in [-0.2, 0) is 14.2 Å². The summed E-state index contributed by atoms with van der Waals surface area (Å²) in [5.41, 5.74) is 0.938. The number of para-hydroxylation sites is 1. The number of hydrogen-bond donors (Lipinski definition) is 0. The lowest BCUT2D eigenvalue weighted by Gasteiger charge is -2.10. The van der Waals surface area contributed by atoms with E-state index in [2.05, 4.69) is 9.72 Å². The van der Waals surface area contributed by atoms with Gasteiger partial charge in [-0.2, -0.15) is 0 Å². The second-order valence-corrected chi connectivity index (χ2v) is 6.21. The topological polar surface area (TPSA) is 74.7 Å². The van der Waals surface area contributed by atoms with E-state index in [1.807, 2.05) is 24.3 Å². The normalized spacial score (nSPS) is 19.1. The van der Waals surface area contributed by atoms with Gasteiger partial charge in [-0.15, -0.1) is 11.3 Å². The molecule has 1 aliphatic rings. The van der Waals surface area contributed by atoms with Gasteiger partial charge in [0, 0.05) is 5.75 Å². The molecule has 8 heteroatoms. The minimum Gasteiger partial charge on any atom is -0.430 e. The van der Waals surface area contributed by atoms with Crippen molar-refractivity contribution in [2.75, 3.05) is 12.4 Å². The predicted octanol–water partition coefficient (Wildman–Crippen LogP) is 3.06. The number of fused-ring (bicyclic) bond motifs is 1. The van der Waals surface area contributed by atoms with Crippen LogP contribution in [0.3, 0.4) is 0 Å². The van der Waals surface area contributed by atoms with E-state index in [1.165, 1.54) is 11.8 Å². The van der Waals surface area contributed by atoms with Crippen molar-refractivity contribution in [2.45, 2.75) is 10.4 Å². The summed E-state index contributed by atoms with van der Waals surface area (Å²) in [5.74, 6) is 0.447. The first-order valence-corrected chi connectivity index (χ1v) is 7.54. The summed E-state index contributed by atoms with van der Waals surface area (Å²) in [4.78, 5) is 26.4. The Bertz CT molecular complexity index is 623. The largest absolute Gasteiger partial charge is 0.519 e. The first-order chi connectivity index (χ1) is 9.70. The smallest absolute Gasteiger partial charge is 0.430 e. The maximum absolute atomic E-state index is 11.1. The van der Waals surface area contributed by atoms with Gasteiger partial charge in [0.1, 0.15) is 12.7 Å². The lowest BCUT2D eigenvalue weighted by Crippen LogP contribution is -2.22. The molecule has 0 saturated carbocycles. The van der Waals surface area contributed by atoms with Gasteiger partial charge in [-0.3, -0.25) is 0 Å². The van der Waals surface area contributed by atoms with Gasteiger partial charge in [-0.25, -0.2) is 14.6 Å². The molecule has 6 nitrogen and oxygen atoms in total. The van der Waals surface area contributed by atoms with E-state index in [0.717, 1.165) is 14.6 Å². The molecule has 0 N–H and O–H groups in total. The first kappa shape index (κ1) is 13.2. The average Bonchev–Trinajstić information content (AvgIpc) is 2.76. The van der Waals surface area contributed by atoms with Gasteiger partial charge >= 0.3 is 12.3 Å². The van der Waals surface area contributed by atoms with E-state index >= 15 is 0 Å². The Kier molecular flexibility index (Phi) is 3.75. The number of rotatable bonds is 3. The van der Waals surface area contributed by atoms with Gasteiger partial charge in [0.05, 0.1) is 10.2 Å². The van der Waals surface area contributed by atoms with Gasteiger partial charge in [-0.05, 0) is 12.1 Å². The molecule has 1 saturated heterocycles. The highest BCUT2D eigenvalue weighted by atomic mass is 32.2. The number of hydrogen-bond acceptors (Lipinski definition) is 8. The van der Waals surface area contributed by atoms with Crippen LogP contribution in [0.4, 0.5) is 9.59 Å². The number of ether oxygens (including phenoxy) is 3. The van der Waals surface area contributed by atoms with Crippen molar-refractivity contribution in [3.8, 4) is 0 Å².